The third-order valence-electron chi connectivity index (χ3n) is 4.36. The molecule has 0 radical (unpaired) electrons. The molecule has 3 heterocycles. The number of carbonyl (C=O) groups is 1. The van der Waals surface area contributed by atoms with Gasteiger partial charge >= 0.3 is 5.97 Å². The minimum atomic E-state index is -0.504. The van der Waals surface area contributed by atoms with Gasteiger partial charge in [0.1, 0.15) is 24.7 Å². The van der Waals surface area contributed by atoms with Crippen LogP contribution in [0.25, 0.3) is 4.96 Å². The molecule has 0 unspecified atom stereocenters. The van der Waals surface area contributed by atoms with E-state index in [2.05, 4.69) is 10.1 Å². The summed E-state index contributed by atoms with van der Waals surface area (Å²) in [6.07, 6.45) is 1.65. The lowest BCUT2D eigenvalue weighted by molar-refractivity contribution is 0.0467. The van der Waals surface area contributed by atoms with Crippen molar-refractivity contribution in [1.29, 1.82) is 0 Å². The first-order chi connectivity index (χ1) is 14.0. The van der Waals surface area contributed by atoms with Gasteiger partial charge in [-0.25, -0.2) is 9.78 Å². The summed E-state index contributed by atoms with van der Waals surface area (Å²) in [6.45, 7) is 3.94. The molecule has 4 rings (SSSR count). The summed E-state index contributed by atoms with van der Waals surface area (Å²) >= 11 is 1.34. The first-order valence-electron chi connectivity index (χ1n) is 8.79. The van der Waals surface area contributed by atoms with Crippen LogP contribution >= 0.6 is 11.3 Å². The molecule has 29 heavy (non-hydrogen) atoms. The molecule has 0 aliphatic heterocycles. The molecule has 0 atom stereocenters. The number of fused-ring (bicyclic) bond motifs is 1. The normalized spacial score (nSPS) is 11.0. The van der Waals surface area contributed by atoms with Crippen molar-refractivity contribution < 1.29 is 18.8 Å². The summed E-state index contributed by atoms with van der Waals surface area (Å²) in [4.78, 5) is 29.1. The number of hydrogen-bond donors (Lipinski definition) is 0. The van der Waals surface area contributed by atoms with Crippen LogP contribution in [-0.2, 0) is 18.0 Å². The molecule has 8 nitrogen and oxygen atoms in total. The van der Waals surface area contributed by atoms with Gasteiger partial charge in [-0.1, -0.05) is 5.16 Å². The minimum absolute atomic E-state index is 0.0766. The van der Waals surface area contributed by atoms with Gasteiger partial charge in [-0.2, -0.15) is 0 Å². The van der Waals surface area contributed by atoms with E-state index < -0.39 is 5.97 Å². The maximum absolute atomic E-state index is 12.3. The van der Waals surface area contributed by atoms with E-state index in [0.29, 0.717) is 28.6 Å². The molecule has 0 saturated heterocycles. The fourth-order valence-corrected chi connectivity index (χ4v) is 3.47. The lowest BCUT2D eigenvalue weighted by atomic mass is 10.2. The number of aromatic nitrogens is 3. The van der Waals surface area contributed by atoms with E-state index in [0.717, 1.165) is 17.0 Å². The number of esters is 1. The molecular formula is C20H17N3O5S. The fourth-order valence-electron chi connectivity index (χ4n) is 2.74. The molecule has 0 aliphatic rings. The minimum Gasteiger partial charge on any atom is -0.489 e. The van der Waals surface area contributed by atoms with Crippen molar-refractivity contribution in [3.05, 3.63) is 80.5 Å². The van der Waals surface area contributed by atoms with Gasteiger partial charge in [0, 0.05) is 17.6 Å². The molecule has 0 amide bonds. The molecule has 0 saturated carbocycles. The molecule has 148 valence electrons. The van der Waals surface area contributed by atoms with Crippen LogP contribution < -0.4 is 10.3 Å². The number of thiazole rings is 1. The molecule has 4 aromatic rings. The number of rotatable bonds is 6. The summed E-state index contributed by atoms with van der Waals surface area (Å²) in [5, 5.41) is 5.66. The first-order valence-corrected chi connectivity index (χ1v) is 9.67. The first kappa shape index (κ1) is 18.9. The van der Waals surface area contributed by atoms with Gasteiger partial charge in [0.15, 0.2) is 4.96 Å². The highest BCUT2D eigenvalue weighted by Crippen LogP contribution is 2.18. The molecule has 0 bridgehead atoms. The van der Waals surface area contributed by atoms with Crippen LogP contribution in [0.2, 0.25) is 0 Å². The predicted molar refractivity (Wildman–Crippen MR) is 105 cm³/mol. The van der Waals surface area contributed by atoms with Crippen molar-refractivity contribution in [3.8, 4) is 5.75 Å². The zero-order valence-electron chi connectivity index (χ0n) is 15.7. The summed E-state index contributed by atoms with van der Waals surface area (Å²) in [5.41, 5.74) is 2.27. The van der Waals surface area contributed by atoms with Crippen LogP contribution in [-0.4, -0.2) is 20.5 Å². The zero-order valence-corrected chi connectivity index (χ0v) is 16.6. The number of carbonyl (C=O) groups excluding carboxylic acids is 1. The van der Waals surface area contributed by atoms with Gasteiger partial charge < -0.3 is 14.0 Å². The lowest BCUT2D eigenvalue weighted by Crippen LogP contribution is -2.14. The molecule has 0 N–H and O–H groups in total. The average molecular weight is 411 g/mol. The Bertz CT molecular complexity index is 1200. The van der Waals surface area contributed by atoms with E-state index in [1.54, 1.807) is 35.8 Å². The quantitative estimate of drug-likeness (QED) is 0.449. The van der Waals surface area contributed by atoms with E-state index in [-0.39, 0.29) is 12.2 Å². The van der Waals surface area contributed by atoms with Crippen molar-refractivity contribution >= 4 is 22.3 Å². The van der Waals surface area contributed by atoms with Crippen molar-refractivity contribution in [1.82, 2.24) is 14.5 Å². The Hall–Kier alpha value is -3.46. The van der Waals surface area contributed by atoms with Gasteiger partial charge in [-0.05, 0) is 38.1 Å². The van der Waals surface area contributed by atoms with Gasteiger partial charge in [0.25, 0.3) is 5.56 Å². The van der Waals surface area contributed by atoms with Gasteiger partial charge in [-0.3, -0.25) is 9.20 Å². The summed E-state index contributed by atoms with van der Waals surface area (Å²) in [7, 11) is 0. The molecule has 1 aromatic carbocycles. The summed E-state index contributed by atoms with van der Waals surface area (Å²) in [5.74, 6) is 0.825. The number of benzene rings is 1. The van der Waals surface area contributed by atoms with E-state index in [9.17, 15) is 9.59 Å². The third-order valence-corrected chi connectivity index (χ3v) is 5.12. The molecule has 0 aliphatic carbocycles. The Morgan fingerprint density at radius 3 is 2.72 bits per heavy atom. The van der Waals surface area contributed by atoms with Gasteiger partial charge in [0.2, 0.25) is 0 Å². The third kappa shape index (κ3) is 4.04. The maximum atomic E-state index is 12.3. The molecule has 3 aromatic heterocycles. The number of aryl methyl sites for hydroxylation is 2. The van der Waals surface area contributed by atoms with Gasteiger partial charge in [-0.15, -0.1) is 11.3 Å². The second kappa shape index (κ2) is 7.88. The number of hydrogen-bond acceptors (Lipinski definition) is 8. The summed E-state index contributed by atoms with van der Waals surface area (Å²) < 4.78 is 17.6. The Labute approximate surface area is 169 Å². The molecular weight excluding hydrogens is 394 g/mol. The highest BCUT2D eigenvalue weighted by atomic mass is 32.1. The Kier molecular flexibility index (Phi) is 5.13. The van der Waals surface area contributed by atoms with Crippen molar-refractivity contribution in [2.45, 2.75) is 27.1 Å². The van der Waals surface area contributed by atoms with E-state index in [1.165, 1.54) is 21.8 Å². The fraction of sp³-hybridized carbons (Fsp3) is 0.200. The topological polar surface area (TPSA) is 95.9 Å². The lowest BCUT2D eigenvalue weighted by Gasteiger charge is -2.07. The van der Waals surface area contributed by atoms with Crippen LogP contribution in [0, 0.1) is 13.8 Å². The molecule has 0 fully saturated rings. The van der Waals surface area contributed by atoms with E-state index >= 15 is 0 Å². The van der Waals surface area contributed by atoms with E-state index in [1.807, 2.05) is 13.8 Å². The second-order valence-corrected chi connectivity index (χ2v) is 7.21. The number of nitrogens with zero attached hydrogens (tertiary/aromatic N) is 3. The number of ether oxygens (including phenoxy) is 2. The van der Waals surface area contributed by atoms with Crippen LogP contribution in [0.3, 0.4) is 0 Å². The second-order valence-electron chi connectivity index (χ2n) is 6.33. The largest absolute Gasteiger partial charge is 0.489 e. The average Bonchev–Trinajstić information content (AvgIpc) is 3.32. The smallest absolute Gasteiger partial charge is 0.338 e. The van der Waals surface area contributed by atoms with Crippen molar-refractivity contribution in [2.24, 2.45) is 0 Å². The van der Waals surface area contributed by atoms with Crippen LogP contribution in [0.1, 0.15) is 33.1 Å². The highest BCUT2D eigenvalue weighted by Gasteiger charge is 2.12. The van der Waals surface area contributed by atoms with E-state index in [4.69, 9.17) is 14.0 Å². The van der Waals surface area contributed by atoms with Crippen LogP contribution in [0.5, 0.6) is 5.75 Å². The summed E-state index contributed by atoms with van der Waals surface area (Å²) in [6, 6.07) is 7.98. The van der Waals surface area contributed by atoms with Crippen LogP contribution in [0.15, 0.2) is 51.2 Å². The van der Waals surface area contributed by atoms with Crippen molar-refractivity contribution in [2.75, 3.05) is 0 Å². The zero-order chi connectivity index (χ0) is 20.4. The van der Waals surface area contributed by atoms with Gasteiger partial charge in [0.05, 0.1) is 22.5 Å². The molecule has 0 spiro atoms. The maximum Gasteiger partial charge on any atom is 0.338 e. The Morgan fingerprint density at radius 2 is 2.00 bits per heavy atom. The standard InChI is InChI=1S/C20H17N3O5S/c1-12-17(13(2)28-22-12)11-26-16-5-3-14(4-6-16)19(25)27-10-15-9-18(24)23-7-8-29-20(23)21-15/h3-9H,10-11H2,1-2H3. The molecule has 9 heteroatoms. The SMILES string of the molecule is Cc1noc(C)c1COc1ccc(C(=O)OCc2cc(=O)n3ccsc3n2)cc1. The Morgan fingerprint density at radius 1 is 1.21 bits per heavy atom. The van der Waals surface area contributed by atoms with Crippen LogP contribution in [0.4, 0.5) is 0 Å². The highest BCUT2D eigenvalue weighted by molar-refractivity contribution is 7.15. The van der Waals surface area contributed by atoms with Crippen molar-refractivity contribution in [3.63, 3.8) is 0 Å². The predicted octanol–water partition coefficient (Wildman–Crippen LogP) is 3.30. The monoisotopic (exact) mass is 411 g/mol. The Balaban J connectivity index is 1.36.